The van der Waals surface area contributed by atoms with E-state index in [1.807, 2.05) is 39.0 Å². The zero-order valence-electron chi connectivity index (χ0n) is 15.9. The smallest absolute Gasteiger partial charge is 0.344 e. The van der Waals surface area contributed by atoms with Crippen molar-refractivity contribution in [2.75, 3.05) is 25.1 Å². The molecule has 0 fully saturated rings. The molecule has 0 saturated heterocycles. The summed E-state index contributed by atoms with van der Waals surface area (Å²) in [5.41, 5.74) is 2.87. The molecule has 6 nitrogen and oxygen atoms in total. The van der Waals surface area contributed by atoms with Crippen LogP contribution in [0.4, 0.5) is 5.69 Å². The zero-order valence-corrected chi connectivity index (χ0v) is 15.9. The van der Waals surface area contributed by atoms with Gasteiger partial charge in [-0.05, 0) is 55.7 Å². The Bertz CT molecular complexity index is 788. The highest BCUT2D eigenvalue weighted by Gasteiger charge is 2.11. The van der Waals surface area contributed by atoms with E-state index in [1.54, 1.807) is 24.3 Å². The lowest BCUT2D eigenvalue weighted by Gasteiger charge is -2.12. The molecule has 2 rings (SSSR count). The van der Waals surface area contributed by atoms with Gasteiger partial charge in [-0.2, -0.15) is 0 Å². The van der Waals surface area contributed by atoms with Gasteiger partial charge in [-0.3, -0.25) is 4.79 Å². The van der Waals surface area contributed by atoms with Crippen LogP contribution in [0.25, 0.3) is 0 Å². The Labute approximate surface area is 159 Å². The molecule has 144 valence electrons. The van der Waals surface area contributed by atoms with Crippen molar-refractivity contribution in [3.8, 4) is 11.5 Å². The van der Waals surface area contributed by atoms with Gasteiger partial charge in [0.05, 0.1) is 6.61 Å². The number of nitrogens with one attached hydrogen (secondary N) is 1. The maximum Gasteiger partial charge on any atom is 0.344 e. The van der Waals surface area contributed by atoms with Crippen LogP contribution in [-0.2, 0) is 14.3 Å². The van der Waals surface area contributed by atoms with Crippen LogP contribution in [0.15, 0.2) is 42.5 Å². The Hall–Kier alpha value is -3.02. The van der Waals surface area contributed by atoms with Crippen LogP contribution in [0.1, 0.15) is 24.5 Å². The van der Waals surface area contributed by atoms with Gasteiger partial charge < -0.3 is 19.5 Å². The highest BCUT2D eigenvalue weighted by atomic mass is 16.6. The first-order valence-electron chi connectivity index (χ1n) is 8.87. The Morgan fingerprint density at radius 3 is 2.30 bits per heavy atom. The summed E-state index contributed by atoms with van der Waals surface area (Å²) in [7, 11) is 0. The highest BCUT2D eigenvalue weighted by molar-refractivity contribution is 5.93. The van der Waals surface area contributed by atoms with Crippen LogP contribution in [-0.4, -0.2) is 31.7 Å². The Morgan fingerprint density at radius 1 is 0.926 bits per heavy atom. The first-order valence-corrected chi connectivity index (χ1v) is 8.87. The van der Waals surface area contributed by atoms with E-state index in [9.17, 15) is 9.59 Å². The molecule has 0 aromatic heterocycles. The molecule has 2 aromatic carbocycles. The maximum atomic E-state index is 11.9. The molecule has 0 bridgehead atoms. The molecule has 0 aliphatic rings. The van der Waals surface area contributed by atoms with Crippen LogP contribution in [0.5, 0.6) is 11.5 Å². The molecule has 0 aliphatic heterocycles. The average molecular weight is 371 g/mol. The number of carbonyl (C=O) groups excluding carboxylic acids is 2. The zero-order chi connectivity index (χ0) is 19.6. The van der Waals surface area contributed by atoms with Crippen LogP contribution < -0.4 is 14.8 Å². The third kappa shape index (κ3) is 6.66. The Balaban J connectivity index is 1.77. The number of hydrogen-bond acceptors (Lipinski definition) is 5. The quantitative estimate of drug-likeness (QED) is 0.681. The summed E-state index contributed by atoms with van der Waals surface area (Å²) >= 11 is 0. The number of anilines is 1. The lowest BCUT2D eigenvalue weighted by molar-refractivity contribution is -0.149. The van der Waals surface area contributed by atoms with E-state index in [1.165, 1.54) is 0 Å². The van der Waals surface area contributed by atoms with Gasteiger partial charge in [0.25, 0.3) is 5.91 Å². The molecule has 0 heterocycles. The average Bonchev–Trinajstić information content (AvgIpc) is 2.66. The molecular weight excluding hydrogens is 346 g/mol. The van der Waals surface area contributed by atoms with Crippen molar-refractivity contribution in [3.63, 3.8) is 0 Å². The number of benzene rings is 2. The Morgan fingerprint density at radius 2 is 1.63 bits per heavy atom. The summed E-state index contributed by atoms with van der Waals surface area (Å²) in [5.74, 6) is -0.00377. The van der Waals surface area contributed by atoms with Gasteiger partial charge in [-0.25, -0.2) is 4.79 Å². The lowest BCUT2D eigenvalue weighted by Crippen LogP contribution is -2.23. The highest BCUT2D eigenvalue weighted by Crippen LogP contribution is 2.26. The molecule has 1 N–H and O–H groups in total. The van der Waals surface area contributed by atoms with Gasteiger partial charge in [-0.15, -0.1) is 0 Å². The number of esters is 1. The second-order valence-electron chi connectivity index (χ2n) is 6.09. The van der Waals surface area contributed by atoms with Crippen molar-refractivity contribution < 1.29 is 23.8 Å². The topological polar surface area (TPSA) is 73.9 Å². The van der Waals surface area contributed by atoms with Gasteiger partial charge in [0.2, 0.25) is 0 Å². The fraction of sp³-hybridized carbons (Fsp3) is 0.333. The third-order valence-corrected chi connectivity index (χ3v) is 3.81. The summed E-state index contributed by atoms with van der Waals surface area (Å²) in [5, 5.41) is 2.69. The van der Waals surface area contributed by atoms with Crippen LogP contribution in [0.2, 0.25) is 0 Å². The summed E-state index contributed by atoms with van der Waals surface area (Å²) in [4.78, 5) is 23.7. The molecule has 1 amide bonds. The minimum absolute atomic E-state index is 0.302. The molecule has 27 heavy (non-hydrogen) atoms. The van der Waals surface area contributed by atoms with Crippen molar-refractivity contribution in [2.45, 2.75) is 27.2 Å². The van der Waals surface area contributed by atoms with Crippen molar-refractivity contribution in [1.29, 1.82) is 0 Å². The molecular formula is C21H25NO5. The number of amides is 1. The molecule has 0 saturated carbocycles. The summed E-state index contributed by atoms with van der Waals surface area (Å²) in [6.07, 6.45) is 0.867. The number of para-hydroxylation sites is 2. The molecule has 0 unspecified atom stereocenters. The number of aryl methyl sites for hydroxylation is 2. The molecule has 0 radical (unpaired) electrons. The minimum Gasteiger partial charge on any atom is -0.490 e. The van der Waals surface area contributed by atoms with Gasteiger partial charge in [0.15, 0.2) is 24.7 Å². The van der Waals surface area contributed by atoms with Crippen molar-refractivity contribution >= 4 is 17.6 Å². The largest absolute Gasteiger partial charge is 0.490 e. The van der Waals surface area contributed by atoms with E-state index < -0.39 is 11.9 Å². The van der Waals surface area contributed by atoms with E-state index in [-0.39, 0.29) is 13.2 Å². The van der Waals surface area contributed by atoms with Gasteiger partial charge >= 0.3 is 5.97 Å². The summed E-state index contributed by atoms with van der Waals surface area (Å²) < 4.78 is 16.0. The number of ether oxygens (including phenoxy) is 3. The fourth-order valence-corrected chi connectivity index (χ4v) is 2.24. The Kier molecular flexibility index (Phi) is 7.67. The van der Waals surface area contributed by atoms with Crippen molar-refractivity contribution in [1.82, 2.24) is 0 Å². The predicted octanol–water partition coefficient (Wildman–Crippen LogP) is 3.65. The van der Waals surface area contributed by atoms with Crippen molar-refractivity contribution in [3.05, 3.63) is 53.6 Å². The van der Waals surface area contributed by atoms with Crippen LogP contribution in [0.3, 0.4) is 0 Å². The molecule has 0 atom stereocenters. The minimum atomic E-state index is -0.629. The van der Waals surface area contributed by atoms with Gasteiger partial charge in [0.1, 0.15) is 0 Å². The predicted molar refractivity (Wildman–Crippen MR) is 103 cm³/mol. The maximum absolute atomic E-state index is 11.9. The number of hydrogen-bond donors (Lipinski definition) is 1. The van der Waals surface area contributed by atoms with Gasteiger partial charge in [-0.1, -0.05) is 25.1 Å². The van der Waals surface area contributed by atoms with E-state index >= 15 is 0 Å². The first kappa shape index (κ1) is 20.3. The summed E-state index contributed by atoms with van der Waals surface area (Å²) in [6, 6.07) is 12.7. The van der Waals surface area contributed by atoms with E-state index in [4.69, 9.17) is 14.2 Å². The molecule has 2 aromatic rings. The normalized spacial score (nSPS) is 10.2. The molecule has 0 aliphatic carbocycles. The lowest BCUT2D eigenvalue weighted by atomic mass is 10.1. The summed E-state index contributed by atoms with van der Waals surface area (Å²) in [6.45, 7) is 5.85. The fourth-order valence-electron chi connectivity index (χ4n) is 2.24. The van der Waals surface area contributed by atoms with E-state index in [0.29, 0.717) is 23.8 Å². The number of carbonyl (C=O) groups is 2. The second-order valence-corrected chi connectivity index (χ2v) is 6.09. The first-order chi connectivity index (χ1) is 13.0. The van der Waals surface area contributed by atoms with Crippen molar-refractivity contribution in [2.24, 2.45) is 0 Å². The standard InChI is InChI=1S/C21H25NO5/c1-4-11-25-18-7-5-6-8-19(18)26-14-21(24)27-13-20(23)22-17-10-9-15(2)16(3)12-17/h5-10,12H,4,11,13-14H2,1-3H3,(H,22,23). The molecule has 6 heteroatoms. The third-order valence-electron chi connectivity index (χ3n) is 3.81. The van der Waals surface area contributed by atoms with E-state index in [0.717, 1.165) is 17.5 Å². The van der Waals surface area contributed by atoms with E-state index in [2.05, 4.69) is 5.32 Å². The monoisotopic (exact) mass is 371 g/mol. The van der Waals surface area contributed by atoms with Gasteiger partial charge in [0, 0.05) is 5.69 Å². The molecule has 0 spiro atoms. The van der Waals surface area contributed by atoms with Crippen LogP contribution in [0, 0.1) is 13.8 Å². The van der Waals surface area contributed by atoms with Crippen LogP contribution >= 0.6 is 0 Å². The SMILES string of the molecule is CCCOc1ccccc1OCC(=O)OCC(=O)Nc1ccc(C)c(C)c1. The number of rotatable bonds is 9. The second kappa shape index (κ2) is 10.2.